The molecule has 0 aliphatic rings. The van der Waals surface area contributed by atoms with Gasteiger partial charge < -0.3 is 4.74 Å². The van der Waals surface area contributed by atoms with Crippen LogP contribution in [0.15, 0.2) is 45.9 Å². The Labute approximate surface area is 179 Å². The van der Waals surface area contributed by atoms with Crippen LogP contribution in [0.4, 0.5) is 5.69 Å². The molecule has 10 nitrogen and oxygen atoms in total. The Hall–Kier alpha value is -3.09. The Bertz CT molecular complexity index is 1430. The van der Waals surface area contributed by atoms with Crippen molar-refractivity contribution in [1.29, 1.82) is 0 Å². The van der Waals surface area contributed by atoms with Crippen LogP contribution >= 0.6 is 22.9 Å². The van der Waals surface area contributed by atoms with E-state index >= 15 is 0 Å². The summed E-state index contributed by atoms with van der Waals surface area (Å²) in [6, 6.07) is 4.91. The number of hydrogen-bond donors (Lipinski definition) is 1. The minimum atomic E-state index is -3.98. The third-order valence-electron chi connectivity index (χ3n) is 4.02. The van der Waals surface area contributed by atoms with Gasteiger partial charge in [-0.3, -0.25) is 13.9 Å². The van der Waals surface area contributed by atoms with Gasteiger partial charge in [0.25, 0.3) is 19.9 Å². The first-order chi connectivity index (χ1) is 14.3. The number of methoxy groups -OCH3 is 1. The van der Waals surface area contributed by atoms with Crippen molar-refractivity contribution in [3.05, 3.63) is 57.2 Å². The number of fused-ring (bicyclic) bond motifs is 1. The lowest BCUT2D eigenvalue weighted by molar-refractivity contribution is 0.400. The van der Waals surface area contributed by atoms with Crippen molar-refractivity contribution in [2.45, 2.75) is 11.3 Å². The zero-order valence-electron chi connectivity index (χ0n) is 15.5. The van der Waals surface area contributed by atoms with Crippen molar-refractivity contribution in [2.75, 3.05) is 11.8 Å². The first-order valence-corrected chi connectivity index (χ1v) is 11.0. The monoisotopic (exact) mass is 464 g/mol. The van der Waals surface area contributed by atoms with Crippen molar-refractivity contribution >= 4 is 44.3 Å². The zero-order chi connectivity index (χ0) is 21.5. The van der Waals surface area contributed by atoms with Gasteiger partial charge in [-0.15, -0.1) is 10.2 Å². The van der Waals surface area contributed by atoms with Crippen LogP contribution in [0.25, 0.3) is 16.8 Å². The summed E-state index contributed by atoms with van der Waals surface area (Å²) in [5.74, 6) is 0.0752. The van der Waals surface area contributed by atoms with E-state index in [9.17, 15) is 13.2 Å². The predicted octanol–water partition coefficient (Wildman–Crippen LogP) is 2.38. The highest BCUT2D eigenvalue weighted by Crippen LogP contribution is 2.30. The summed E-state index contributed by atoms with van der Waals surface area (Å²) in [7, 11) is -2.61. The molecule has 13 heteroatoms. The van der Waals surface area contributed by atoms with Crippen LogP contribution in [-0.2, 0) is 10.0 Å². The predicted molar refractivity (Wildman–Crippen MR) is 112 cm³/mol. The van der Waals surface area contributed by atoms with E-state index in [0.29, 0.717) is 21.8 Å². The number of ether oxygens (including phenoxy) is 1. The number of aromatic nitrogens is 5. The van der Waals surface area contributed by atoms with Crippen molar-refractivity contribution in [1.82, 2.24) is 24.6 Å². The summed E-state index contributed by atoms with van der Waals surface area (Å²) in [4.78, 5) is 20.5. The van der Waals surface area contributed by atoms with Gasteiger partial charge in [-0.2, -0.15) is 8.42 Å². The fourth-order valence-corrected chi connectivity index (χ4v) is 4.80. The number of nitrogens with one attached hydrogen (secondary N) is 1. The second kappa shape index (κ2) is 7.63. The molecular formula is C17H13ClN6O4S2. The molecule has 154 valence electrons. The van der Waals surface area contributed by atoms with E-state index in [1.54, 1.807) is 31.3 Å². The first kappa shape index (κ1) is 20.2. The Balaban J connectivity index is 1.79. The first-order valence-electron chi connectivity index (χ1n) is 8.33. The lowest BCUT2D eigenvalue weighted by Gasteiger charge is -2.12. The van der Waals surface area contributed by atoms with Gasteiger partial charge in [-0.05, 0) is 25.1 Å². The molecule has 30 heavy (non-hydrogen) atoms. The van der Waals surface area contributed by atoms with E-state index in [2.05, 4.69) is 24.9 Å². The van der Waals surface area contributed by atoms with E-state index in [4.69, 9.17) is 16.3 Å². The van der Waals surface area contributed by atoms with Crippen LogP contribution in [0.3, 0.4) is 0 Å². The van der Waals surface area contributed by atoms with Crippen LogP contribution in [0.2, 0.25) is 5.02 Å². The number of sulfonamides is 1. The fourth-order valence-electron chi connectivity index (χ4n) is 2.65. The lowest BCUT2D eigenvalue weighted by Crippen LogP contribution is -2.15. The molecular weight excluding hydrogens is 452 g/mol. The highest BCUT2D eigenvalue weighted by atomic mass is 35.5. The molecule has 0 radical (unpaired) electrons. The van der Waals surface area contributed by atoms with Crippen LogP contribution in [0.1, 0.15) is 5.01 Å². The van der Waals surface area contributed by atoms with Gasteiger partial charge in [0.1, 0.15) is 21.4 Å². The molecule has 0 fully saturated rings. The summed E-state index contributed by atoms with van der Waals surface area (Å²) in [6.45, 7) is 1.65. The largest absolute Gasteiger partial charge is 0.480 e. The molecule has 0 saturated heterocycles. The van der Waals surface area contributed by atoms with Crippen molar-refractivity contribution in [3.63, 3.8) is 0 Å². The van der Waals surface area contributed by atoms with Gasteiger partial charge in [-0.25, -0.2) is 9.97 Å². The average Bonchev–Trinajstić information content (AvgIpc) is 3.18. The van der Waals surface area contributed by atoms with Gasteiger partial charge in [0.15, 0.2) is 0 Å². The molecule has 0 spiro atoms. The average molecular weight is 465 g/mol. The third kappa shape index (κ3) is 3.72. The summed E-state index contributed by atoms with van der Waals surface area (Å²) in [5, 5.41) is 7.90. The maximum absolute atomic E-state index is 12.6. The number of halogens is 1. The van der Waals surface area contributed by atoms with Crippen molar-refractivity contribution in [3.8, 4) is 17.0 Å². The summed E-state index contributed by atoms with van der Waals surface area (Å²) in [6.07, 6.45) is 4.33. The van der Waals surface area contributed by atoms with E-state index < -0.39 is 15.6 Å². The number of pyridine rings is 2. The molecule has 0 aromatic carbocycles. The SMILES string of the molecule is COc1ncc(-c2ccc3ncc(Cl)c(=O)n3c2)cc1NS(=O)(=O)c1nnc(C)s1. The van der Waals surface area contributed by atoms with Crippen LogP contribution in [0, 0.1) is 6.92 Å². The van der Waals surface area contributed by atoms with E-state index in [0.717, 1.165) is 11.3 Å². The summed E-state index contributed by atoms with van der Waals surface area (Å²) in [5.41, 5.74) is 1.24. The van der Waals surface area contributed by atoms with Crippen LogP contribution < -0.4 is 15.0 Å². The minimum Gasteiger partial charge on any atom is -0.480 e. The van der Waals surface area contributed by atoms with Gasteiger partial charge in [0.2, 0.25) is 5.88 Å². The number of anilines is 1. The van der Waals surface area contributed by atoms with Crippen LogP contribution in [0.5, 0.6) is 5.88 Å². The molecule has 0 aliphatic carbocycles. The highest BCUT2D eigenvalue weighted by molar-refractivity contribution is 7.94. The molecule has 4 aromatic rings. The molecule has 4 aromatic heterocycles. The molecule has 0 amide bonds. The standard InChI is InChI=1S/C17H13ClN6O4S2/c1-9-21-22-17(29-9)30(26,27)23-13-5-11(6-20-15(13)28-2)10-3-4-14-19-7-12(18)16(25)24(14)8-10/h3-8,23H,1-2H3. The van der Waals surface area contributed by atoms with Gasteiger partial charge >= 0.3 is 0 Å². The molecule has 4 rings (SSSR count). The zero-order valence-corrected chi connectivity index (χ0v) is 17.9. The van der Waals surface area contributed by atoms with Crippen LogP contribution in [-0.4, -0.2) is 40.1 Å². The third-order valence-corrected chi connectivity index (χ3v) is 6.85. The van der Waals surface area contributed by atoms with E-state index in [1.165, 1.54) is 23.9 Å². The number of nitrogens with zero attached hydrogens (tertiary/aromatic N) is 5. The molecule has 0 aliphatic heterocycles. The quantitative estimate of drug-likeness (QED) is 0.476. The van der Waals surface area contributed by atoms with Gasteiger partial charge in [0.05, 0.1) is 13.3 Å². The molecule has 0 unspecified atom stereocenters. The Morgan fingerprint density at radius 2 is 1.97 bits per heavy atom. The minimum absolute atomic E-state index is 0.0155. The highest BCUT2D eigenvalue weighted by Gasteiger charge is 2.22. The van der Waals surface area contributed by atoms with Crippen molar-refractivity contribution in [2.24, 2.45) is 0 Å². The maximum Gasteiger partial charge on any atom is 0.291 e. The Morgan fingerprint density at radius 3 is 2.67 bits per heavy atom. The van der Waals surface area contributed by atoms with E-state index in [-0.39, 0.29) is 20.9 Å². The number of hydrogen-bond acceptors (Lipinski definition) is 9. The van der Waals surface area contributed by atoms with Gasteiger partial charge in [0, 0.05) is 23.5 Å². The fraction of sp³-hybridized carbons (Fsp3) is 0.118. The topological polar surface area (TPSA) is 128 Å². The molecule has 4 heterocycles. The maximum atomic E-state index is 12.6. The molecule has 0 bridgehead atoms. The summed E-state index contributed by atoms with van der Waals surface area (Å²) >= 11 is 6.81. The molecule has 0 saturated carbocycles. The normalized spacial score (nSPS) is 11.6. The lowest BCUT2D eigenvalue weighted by atomic mass is 10.1. The molecule has 1 N–H and O–H groups in total. The van der Waals surface area contributed by atoms with Crippen molar-refractivity contribution < 1.29 is 13.2 Å². The Kier molecular flexibility index (Phi) is 5.13. The van der Waals surface area contributed by atoms with E-state index in [1.807, 2.05) is 0 Å². The number of aryl methyl sites for hydroxylation is 1. The van der Waals surface area contributed by atoms with Gasteiger partial charge in [-0.1, -0.05) is 22.9 Å². The Morgan fingerprint density at radius 1 is 1.17 bits per heavy atom. The second-order valence-electron chi connectivity index (χ2n) is 6.03. The smallest absolute Gasteiger partial charge is 0.291 e. The molecule has 0 atom stereocenters. The number of rotatable bonds is 5. The second-order valence-corrected chi connectivity index (χ2v) is 9.48. The summed E-state index contributed by atoms with van der Waals surface area (Å²) < 4.78 is 34.0.